The zero-order valence-electron chi connectivity index (χ0n) is 13.3. The van der Waals surface area contributed by atoms with Crippen LogP contribution in [0.15, 0.2) is 11.7 Å². The Bertz CT molecular complexity index is 546. The Kier molecular flexibility index (Phi) is 5.87. The van der Waals surface area contributed by atoms with Crippen LogP contribution in [0, 0.1) is 6.92 Å². The second-order valence-corrected chi connectivity index (χ2v) is 6.69. The van der Waals surface area contributed by atoms with E-state index >= 15 is 0 Å². The summed E-state index contributed by atoms with van der Waals surface area (Å²) in [6, 6.07) is 0.698. The van der Waals surface area contributed by atoms with Crippen LogP contribution in [0.2, 0.25) is 0 Å². The molecule has 0 amide bonds. The molecule has 0 spiro atoms. The predicted molar refractivity (Wildman–Crippen MR) is 86.7 cm³/mol. The van der Waals surface area contributed by atoms with E-state index in [2.05, 4.69) is 53.5 Å². The molecular weight excluding hydrogens is 282 g/mol. The summed E-state index contributed by atoms with van der Waals surface area (Å²) in [7, 11) is 0. The molecule has 2 rings (SSSR count). The van der Waals surface area contributed by atoms with Gasteiger partial charge >= 0.3 is 0 Å². The summed E-state index contributed by atoms with van der Waals surface area (Å²) in [6.07, 6.45) is 4.60. The van der Waals surface area contributed by atoms with Crippen LogP contribution in [-0.2, 0) is 12.8 Å². The minimum Gasteiger partial charge on any atom is -0.313 e. The fourth-order valence-electron chi connectivity index (χ4n) is 2.39. The standard InChI is InChI=1S/C15H25N5S/c1-5-6-16-13(7-14-9-21-12(4)19-14)8-15-17-10-18-20(15)11(2)3/h9-11,13,16H,5-8H2,1-4H3. The highest BCUT2D eigenvalue weighted by atomic mass is 32.1. The van der Waals surface area contributed by atoms with Gasteiger partial charge in [0.05, 0.1) is 10.7 Å². The highest BCUT2D eigenvalue weighted by Crippen LogP contribution is 2.13. The van der Waals surface area contributed by atoms with Crippen LogP contribution in [0.3, 0.4) is 0 Å². The van der Waals surface area contributed by atoms with E-state index in [9.17, 15) is 0 Å². The van der Waals surface area contributed by atoms with Crippen molar-refractivity contribution in [2.24, 2.45) is 0 Å². The van der Waals surface area contributed by atoms with Crippen LogP contribution < -0.4 is 5.32 Å². The Morgan fingerprint density at radius 1 is 1.33 bits per heavy atom. The van der Waals surface area contributed by atoms with Gasteiger partial charge < -0.3 is 5.32 Å². The van der Waals surface area contributed by atoms with Crippen molar-refractivity contribution in [2.75, 3.05) is 6.54 Å². The Morgan fingerprint density at radius 3 is 2.76 bits per heavy atom. The van der Waals surface area contributed by atoms with Gasteiger partial charge in [-0.15, -0.1) is 11.3 Å². The van der Waals surface area contributed by atoms with Gasteiger partial charge in [0.25, 0.3) is 0 Å². The van der Waals surface area contributed by atoms with Crippen LogP contribution in [0.25, 0.3) is 0 Å². The molecule has 21 heavy (non-hydrogen) atoms. The maximum absolute atomic E-state index is 4.58. The molecule has 0 saturated carbocycles. The van der Waals surface area contributed by atoms with Crippen molar-refractivity contribution >= 4 is 11.3 Å². The van der Waals surface area contributed by atoms with E-state index in [1.165, 1.54) is 5.69 Å². The van der Waals surface area contributed by atoms with E-state index in [1.54, 1.807) is 17.7 Å². The molecule has 0 aliphatic heterocycles. The average molecular weight is 307 g/mol. The van der Waals surface area contributed by atoms with E-state index in [-0.39, 0.29) is 0 Å². The van der Waals surface area contributed by atoms with Crippen LogP contribution in [0.1, 0.15) is 49.8 Å². The van der Waals surface area contributed by atoms with Crippen molar-refractivity contribution in [1.29, 1.82) is 0 Å². The van der Waals surface area contributed by atoms with Crippen molar-refractivity contribution in [3.8, 4) is 0 Å². The van der Waals surface area contributed by atoms with E-state index < -0.39 is 0 Å². The quantitative estimate of drug-likeness (QED) is 0.815. The van der Waals surface area contributed by atoms with Crippen LogP contribution in [0.4, 0.5) is 0 Å². The van der Waals surface area contributed by atoms with Crippen LogP contribution in [-0.4, -0.2) is 32.3 Å². The lowest BCUT2D eigenvalue weighted by Crippen LogP contribution is -2.35. The van der Waals surface area contributed by atoms with Gasteiger partial charge in [-0.1, -0.05) is 6.92 Å². The molecule has 0 bridgehead atoms. The number of hydrogen-bond donors (Lipinski definition) is 1. The number of nitrogens with one attached hydrogen (secondary N) is 1. The molecule has 1 atom stereocenters. The first-order valence-electron chi connectivity index (χ1n) is 7.63. The maximum Gasteiger partial charge on any atom is 0.138 e. The lowest BCUT2D eigenvalue weighted by atomic mass is 10.1. The molecule has 0 saturated heterocycles. The Morgan fingerprint density at radius 2 is 2.14 bits per heavy atom. The normalized spacial score (nSPS) is 13.0. The van der Waals surface area contributed by atoms with Gasteiger partial charge in [0.1, 0.15) is 12.2 Å². The molecule has 0 aliphatic carbocycles. The van der Waals surface area contributed by atoms with Gasteiger partial charge in [-0.05, 0) is 33.7 Å². The SMILES string of the molecule is CCCNC(Cc1csc(C)n1)Cc1ncnn1C(C)C. The number of nitrogens with zero attached hydrogens (tertiary/aromatic N) is 4. The first kappa shape index (κ1) is 16.1. The molecule has 0 aliphatic rings. The third kappa shape index (κ3) is 4.61. The third-order valence-corrected chi connectivity index (χ3v) is 4.19. The van der Waals surface area contributed by atoms with Gasteiger partial charge in [-0.3, -0.25) is 0 Å². The van der Waals surface area contributed by atoms with Gasteiger partial charge in [0.2, 0.25) is 0 Å². The maximum atomic E-state index is 4.58. The van der Waals surface area contributed by atoms with E-state index in [1.807, 2.05) is 4.68 Å². The van der Waals surface area contributed by atoms with Crippen molar-refractivity contribution < 1.29 is 0 Å². The first-order chi connectivity index (χ1) is 10.1. The number of rotatable bonds is 8. The Labute approximate surface area is 130 Å². The van der Waals surface area contributed by atoms with Crippen molar-refractivity contribution in [3.63, 3.8) is 0 Å². The largest absolute Gasteiger partial charge is 0.313 e. The molecule has 0 radical (unpaired) electrons. The highest BCUT2D eigenvalue weighted by molar-refractivity contribution is 7.09. The summed E-state index contributed by atoms with van der Waals surface area (Å²) in [5.41, 5.74) is 1.17. The zero-order valence-corrected chi connectivity index (χ0v) is 14.2. The van der Waals surface area contributed by atoms with Crippen LogP contribution in [0.5, 0.6) is 0 Å². The molecule has 116 valence electrons. The molecule has 2 aromatic heterocycles. The summed E-state index contributed by atoms with van der Waals surface area (Å²) in [4.78, 5) is 9.01. The van der Waals surface area contributed by atoms with Crippen molar-refractivity contribution in [3.05, 3.63) is 28.2 Å². The first-order valence-corrected chi connectivity index (χ1v) is 8.50. The predicted octanol–water partition coefficient (Wildman–Crippen LogP) is 2.78. The van der Waals surface area contributed by atoms with Crippen LogP contribution >= 0.6 is 11.3 Å². The fraction of sp³-hybridized carbons (Fsp3) is 0.667. The Balaban J connectivity index is 2.06. The monoisotopic (exact) mass is 307 g/mol. The lowest BCUT2D eigenvalue weighted by Gasteiger charge is -2.18. The molecule has 1 unspecified atom stereocenters. The highest BCUT2D eigenvalue weighted by Gasteiger charge is 2.16. The minimum atomic E-state index is 0.343. The molecular formula is C15H25N5S. The van der Waals surface area contributed by atoms with Gasteiger partial charge in [-0.25, -0.2) is 14.6 Å². The van der Waals surface area contributed by atoms with Gasteiger partial charge in [0, 0.05) is 30.3 Å². The van der Waals surface area contributed by atoms with Crippen molar-refractivity contribution in [1.82, 2.24) is 25.1 Å². The molecule has 6 heteroatoms. The molecule has 5 nitrogen and oxygen atoms in total. The molecule has 1 N–H and O–H groups in total. The summed E-state index contributed by atoms with van der Waals surface area (Å²) >= 11 is 1.71. The smallest absolute Gasteiger partial charge is 0.138 e. The second kappa shape index (κ2) is 7.66. The van der Waals surface area contributed by atoms with Crippen molar-refractivity contribution in [2.45, 2.75) is 59.0 Å². The zero-order chi connectivity index (χ0) is 15.2. The lowest BCUT2D eigenvalue weighted by molar-refractivity contribution is 0.451. The number of aromatic nitrogens is 4. The summed E-state index contributed by atoms with van der Waals surface area (Å²) < 4.78 is 2.01. The van der Waals surface area contributed by atoms with Gasteiger partial charge in [0.15, 0.2) is 0 Å². The summed E-state index contributed by atoms with van der Waals surface area (Å²) in [5.74, 6) is 1.05. The van der Waals surface area contributed by atoms with E-state index in [0.29, 0.717) is 12.1 Å². The Hall–Kier alpha value is -1.27. The molecule has 2 aromatic rings. The average Bonchev–Trinajstić information content (AvgIpc) is 3.05. The fourth-order valence-corrected chi connectivity index (χ4v) is 3.02. The minimum absolute atomic E-state index is 0.343. The molecule has 0 fully saturated rings. The number of thiazole rings is 1. The topological polar surface area (TPSA) is 55.6 Å². The number of aryl methyl sites for hydroxylation is 1. The molecule has 0 aromatic carbocycles. The van der Waals surface area contributed by atoms with E-state index in [0.717, 1.165) is 36.6 Å². The summed E-state index contributed by atoms with van der Waals surface area (Å²) in [6.45, 7) is 9.53. The summed E-state index contributed by atoms with van der Waals surface area (Å²) in [5, 5.41) is 11.2. The van der Waals surface area contributed by atoms with Gasteiger partial charge in [-0.2, -0.15) is 5.10 Å². The number of hydrogen-bond acceptors (Lipinski definition) is 5. The van der Waals surface area contributed by atoms with E-state index in [4.69, 9.17) is 0 Å². The molecule has 2 heterocycles. The third-order valence-electron chi connectivity index (χ3n) is 3.37. The second-order valence-electron chi connectivity index (χ2n) is 5.63.